The molecule has 0 radical (unpaired) electrons. The molecule has 1 N–H and O–H groups in total. The topological polar surface area (TPSA) is 37.4 Å². The van der Waals surface area contributed by atoms with Crippen LogP contribution in [0.25, 0.3) is 0 Å². The van der Waals surface area contributed by atoms with Crippen LogP contribution in [0.4, 0.5) is 5.82 Å². The number of hydrogen-bond donors (Lipinski definition) is 1. The molecule has 104 valence electrons. The number of aromatic nitrogens is 1. The Morgan fingerprint density at radius 3 is 3.16 bits per heavy atom. The molecule has 1 aromatic rings. The van der Waals surface area contributed by atoms with Gasteiger partial charge in [-0.05, 0) is 50.9 Å². The van der Waals surface area contributed by atoms with E-state index in [1.165, 1.54) is 24.8 Å². The van der Waals surface area contributed by atoms with E-state index < -0.39 is 0 Å². The first kappa shape index (κ1) is 12.9. The van der Waals surface area contributed by atoms with Gasteiger partial charge in [0.05, 0.1) is 18.8 Å². The number of fused-ring (bicyclic) bond motifs is 1. The van der Waals surface area contributed by atoms with Crippen LogP contribution in [0.1, 0.15) is 30.5 Å². The first-order chi connectivity index (χ1) is 9.28. The smallest absolute Gasteiger partial charge is 0.129 e. The number of nitrogens with zero attached hydrogens (tertiary/aromatic N) is 2. The number of aryl methyl sites for hydroxylation is 1. The highest BCUT2D eigenvalue weighted by Gasteiger charge is 2.36. The molecule has 2 aliphatic rings. The van der Waals surface area contributed by atoms with E-state index in [1.54, 1.807) is 0 Å². The molecule has 1 aromatic heterocycles. The van der Waals surface area contributed by atoms with Gasteiger partial charge in [-0.15, -0.1) is 0 Å². The summed E-state index contributed by atoms with van der Waals surface area (Å²) in [4.78, 5) is 7.21. The van der Waals surface area contributed by atoms with E-state index in [9.17, 15) is 0 Å². The first-order valence-corrected chi connectivity index (χ1v) is 7.28. The van der Waals surface area contributed by atoms with Gasteiger partial charge in [-0.1, -0.05) is 0 Å². The van der Waals surface area contributed by atoms with Gasteiger partial charge in [0, 0.05) is 18.8 Å². The summed E-state index contributed by atoms with van der Waals surface area (Å²) >= 11 is 0. The summed E-state index contributed by atoms with van der Waals surface area (Å²) < 4.78 is 5.88. The highest BCUT2D eigenvalue weighted by atomic mass is 16.5. The number of morpholine rings is 1. The van der Waals surface area contributed by atoms with Crippen molar-refractivity contribution in [3.63, 3.8) is 0 Å². The number of ether oxygens (including phenoxy) is 1. The van der Waals surface area contributed by atoms with Crippen LogP contribution in [0.2, 0.25) is 0 Å². The molecule has 3 rings (SSSR count). The Morgan fingerprint density at radius 1 is 1.42 bits per heavy atom. The van der Waals surface area contributed by atoms with Crippen LogP contribution >= 0.6 is 0 Å². The Kier molecular flexibility index (Phi) is 3.71. The van der Waals surface area contributed by atoms with Crippen molar-refractivity contribution in [1.29, 1.82) is 0 Å². The monoisotopic (exact) mass is 261 g/mol. The summed E-state index contributed by atoms with van der Waals surface area (Å²) in [6, 6.07) is 4.92. The zero-order chi connectivity index (χ0) is 13.2. The van der Waals surface area contributed by atoms with Crippen molar-refractivity contribution >= 4 is 5.82 Å². The molecule has 1 aliphatic heterocycles. The normalized spacial score (nSPS) is 26.5. The van der Waals surface area contributed by atoms with Crippen molar-refractivity contribution in [2.24, 2.45) is 0 Å². The summed E-state index contributed by atoms with van der Waals surface area (Å²) in [5, 5.41) is 3.22. The maximum atomic E-state index is 5.88. The number of pyridine rings is 1. The highest BCUT2D eigenvalue weighted by Crippen LogP contribution is 2.32. The zero-order valence-electron chi connectivity index (χ0n) is 11.9. The minimum Gasteiger partial charge on any atom is -0.374 e. The van der Waals surface area contributed by atoms with E-state index in [1.807, 2.05) is 7.05 Å². The molecule has 4 nitrogen and oxygen atoms in total. The van der Waals surface area contributed by atoms with Crippen molar-refractivity contribution in [1.82, 2.24) is 10.3 Å². The van der Waals surface area contributed by atoms with Gasteiger partial charge >= 0.3 is 0 Å². The molecule has 2 unspecified atom stereocenters. The molecule has 2 atom stereocenters. The Balaban J connectivity index is 1.87. The van der Waals surface area contributed by atoms with E-state index in [0.29, 0.717) is 12.1 Å². The van der Waals surface area contributed by atoms with Gasteiger partial charge in [0.25, 0.3) is 0 Å². The predicted molar refractivity (Wildman–Crippen MR) is 76.5 cm³/mol. The average molecular weight is 261 g/mol. The standard InChI is InChI=1S/C15H23N3O/c1-11-8-12(10-16-2)9-15(17-11)18-6-7-19-14-5-3-4-13(14)18/h8-9,13-14,16H,3-7,10H2,1-2H3. The fraction of sp³-hybridized carbons (Fsp3) is 0.667. The van der Waals surface area contributed by atoms with Crippen molar-refractivity contribution < 1.29 is 4.74 Å². The van der Waals surface area contributed by atoms with Crippen LogP contribution in [-0.2, 0) is 11.3 Å². The van der Waals surface area contributed by atoms with E-state index in [2.05, 4.69) is 29.3 Å². The molecule has 19 heavy (non-hydrogen) atoms. The lowest BCUT2D eigenvalue weighted by molar-refractivity contribution is 0.0253. The third-order valence-corrected chi connectivity index (χ3v) is 4.16. The molecular formula is C15H23N3O. The third kappa shape index (κ3) is 2.60. The molecule has 2 fully saturated rings. The van der Waals surface area contributed by atoms with Gasteiger partial charge in [0.2, 0.25) is 0 Å². The molecule has 2 heterocycles. The van der Waals surface area contributed by atoms with Gasteiger partial charge in [0.15, 0.2) is 0 Å². The van der Waals surface area contributed by atoms with Gasteiger partial charge in [-0.25, -0.2) is 4.98 Å². The molecule has 0 aromatic carbocycles. The largest absolute Gasteiger partial charge is 0.374 e. The lowest BCUT2D eigenvalue weighted by Gasteiger charge is -2.38. The van der Waals surface area contributed by atoms with Gasteiger partial charge in [0.1, 0.15) is 5.82 Å². The van der Waals surface area contributed by atoms with Crippen molar-refractivity contribution in [3.05, 3.63) is 23.4 Å². The highest BCUT2D eigenvalue weighted by molar-refractivity contribution is 5.45. The summed E-state index contributed by atoms with van der Waals surface area (Å²) in [6.45, 7) is 4.78. The number of anilines is 1. The molecule has 1 saturated heterocycles. The van der Waals surface area contributed by atoms with Gasteiger partial charge in [-0.2, -0.15) is 0 Å². The minimum atomic E-state index is 0.420. The van der Waals surface area contributed by atoms with E-state index in [0.717, 1.165) is 31.2 Å². The van der Waals surface area contributed by atoms with Crippen LogP contribution in [-0.4, -0.2) is 37.3 Å². The van der Waals surface area contributed by atoms with Crippen LogP contribution in [0.5, 0.6) is 0 Å². The molecule has 0 spiro atoms. The average Bonchev–Trinajstić information content (AvgIpc) is 2.86. The van der Waals surface area contributed by atoms with Gasteiger partial charge < -0.3 is 15.0 Å². The number of rotatable bonds is 3. The minimum absolute atomic E-state index is 0.420. The fourth-order valence-corrected chi connectivity index (χ4v) is 3.38. The Labute approximate surface area is 115 Å². The maximum Gasteiger partial charge on any atom is 0.129 e. The third-order valence-electron chi connectivity index (χ3n) is 4.16. The maximum absolute atomic E-state index is 5.88. The van der Waals surface area contributed by atoms with Crippen molar-refractivity contribution in [2.45, 2.75) is 44.9 Å². The van der Waals surface area contributed by atoms with Crippen molar-refractivity contribution in [3.8, 4) is 0 Å². The first-order valence-electron chi connectivity index (χ1n) is 7.28. The number of nitrogens with one attached hydrogen (secondary N) is 1. The Morgan fingerprint density at radius 2 is 2.32 bits per heavy atom. The van der Waals surface area contributed by atoms with E-state index in [-0.39, 0.29) is 0 Å². The predicted octanol–water partition coefficient (Wildman–Crippen LogP) is 1.87. The molecule has 1 aliphatic carbocycles. The van der Waals surface area contributed by atoms with E-state index in [4.69, 9.17) is 9.72 Å². The van der Waals surface area contributed by atoms with E-state index >= 15 is 0 Å². The van der Waals surface area contributed by atoms with Crippen LogP contribution in [0, 0.1) is 6.92 Å². The quantitative estimate of drug-likeness (QED) is 0.901. The van der Waals surface area contributed by atoms with Crippen molar-refractivity contribution in [2.75, 3.05) is 25.1 Å². The lowest BCUT2D eigenvalue weighted by atomic mass is 10.1. The lowest BCUT2D eigenvalue weighted by Crippen LogP contribution is -2.49. The second-order valence-electron chi connectivity index (χ2n) is 5.61. The molecule has 0 bridgehead atoms. The summed E-state index contributed by atoms with van der Waals surface area (Å²) in [6.07, 6.45) is 4.14. The molecule has 0 amide bonds. The Hall–Kier alpha value is -1.13. The van der Waals surface area contributed by atoms with Gasteiger partial charge in [-0.3, -0.25) is 0 Å². The fourth-order valence-electron chi connectivity index (χ4n) is 3.38. The number of hydrogen-bond acceptors (Lipinski definition) is 4. The second kappa shape index (κ2) is 5.47. The molecule has 4 heteroatoms. The zero-order valence-corrected chi connectivity index (χ0v) is 11.9. The van der Waals surface area contributed by atoms with Crippen LogP contribution in [0.15, 0.2) is 12.1 Å². The SMILES string of the molecule is CNCc1cc(C)nc(N2CCOC3CCCC32)c1. The Bertz CT molecular complexity index is 449. The molecule has 1 saturated carbocycles. The summed E-state index contributed by atoms with van der Waals surface area (Å²) in [7, 11) is 1.98. The second-order valence-corrected chi connectivity index (χ2v) is 5.61. The van der Waals surface area contributed by atoms with Crippen LogP contribution in [0.3, 0.4) is 0 Å². The summed E-state index contributed by atoms with van der Waals surface area (Å²) in [5.41, 5.74) is 2.41. The van der Waals surface area contributed by atoms with Crippen LogP contribution < -0.4 is 10.2 Å². The molecular weight excluding hydrogens is 238 g/mol. The summed E-state index contributed by atoms with van der Waals surface area (Å²) in [5.74, 6) is 1.13.